The van der Waals surface area contributed by atoms with Gasteiger partial charge in [0.2, 0.25) is 0 Å². The second-order valence-corrected chi connectivity index (χ2v) is 4.28. The standard InChI is InChI=1S/C13H15N3O3/c1-7-4-12(16-9(3)15-7)14-6-10-5-11(13(17)18)8(2)19-10/h4-5H,6H2,1-3H3,(H,17,18)(H,14,15,16). The predicted octanol–water partition coefficient (Wildman–Crippen LogP) is 2.31. The highest BCUT2D eigenvalue weighted by atomic mass is 16.4. The van der Waals surface area contributed by atoms with Gasteiger partial charge in [-0.25, -0.2) is 14.8 Å². The molecule has 0 unspecified atom stereocenters. The van der Waals surface area contributed by atoms with Gasteiger partial charge in [0.25, 0.3) is 0 Å². The number of nitrogens with one attached hydrogen (secondary N) is 1. The van der Waals surface area contributed by atoms with Crippen LogP contribution >= 0.6 is 0 Å². The molecule has 0 aliphatic heterocycles. The number of furan rings is 1. The minimum atomic E-state index is -0.985. The molecule has 2 rings (SSSR count). The number of aryl methyl sites for hydroxylation is 3. The molecule has 0 saturated carbocycles. The van der Waals surface area contributed by atoms with Gasteiger partial charge in [-0.15, -0.1) is 0 Å². The summed E-state index contributed by atoms with van der Waals surface area (Å²) in [5.41, 5.74) is 1.06. The van der Waals surface area contributed by atoms with E-state index in [-0.39, 0.29) is 5.56 Å². The molecule has 0 fully saturated rings. The number of rotatable bonds is 4. The normalized spacial score (nSPS) is 10.5. The summed E-state index contributed by atoms with van der Waals surface area (Å²) in [5, 5.41) is 12.0. The maximum atomic E-state index is 10.9. The number of carboxylic acid groups (broad SMARTS) is 1. The molecule has 2 aromatic heterocycles. The number of carboxylic acids is 1. The summed E-state index contributed by atoms with van der Waals surface area (Å²) in [6, 6.07) is 3.34. The van der Waals surface area contributed by atoms with Crippen molar-refractivity contribution in [1.82, 2.24) is 9.97 Å². The molecule has 0 amide bonds. The van der Waals surface area contributed by atoms with Crippen LogP contribution in [0.15, 0.2) is 16.5 Å². The number of hydrogen-bond donors (Lipinski definition) is 2. The van der Waals surface area contributed by atoms with E-state index in [0.29, 0.717) is 29.7 Å². The van der Waals surface area contributed by atoms with Crippen molar-refractivity contribution in [2.75, 3.05) is 5.32 Å². The van der Waals surface area contributed by atoms with Gasteiger partial charge in [0.15, 0.2) is 0 Å². The lowest BCUT2D eigenvalue weighted by Gasteiger charge is -2.05. The van der Waals surface area contributed by atoms with E-state index in [1.54, 1.807) is 6.92 Å². The first-order valence-corrected chi connectivity index (χ1v) is 5.84. The highest BCUT2D eigenvalue weighted by Crippen LogP contribution is 2.16. The van der Waals surface area contributed by atoms with E-state index in [1.165, 1.54) is 6.07 Å². The predicted molar refractivity (Wildman–Crippen MR) is 69.2 cm³/mol. The molecule has 6 heteroatoms. The van der Waals surface area contributed by atoms with E-state index < -0.39 is 5.97 Å². The van der Waals surface area contributed by atoms with Crippen molar-refractivity contribution in [3.05, 3.63) is 40.7 Å². The Kier molecular flexibility index (Phi) is 3.50. The van der Waals surface area contributed by atoms with Gasteiger partial charge in [-0.3, -0.25) is 0 Å². The number of nitrogens with zero attached hydrogens (tertiary/aromatic N) is 2. The zero-order valence-electron chi connectivity index (χ0n) is 11.0. The Morgan fingerprint density at radius 1 is 1.32 bits per heavy atom. The first-order chi connectivity index (χ1) is 8.95. The maximum absolute atomic E-state index is 10.9. The van der Waals surface area contributed by atoms with E-state index in [4.69, 9.17) is 9.52 Å². The third kappa shape index (κ3) is 3.09. The summed E-state index contributed by atoms with van der Waals surface area (Å²) in [4.78, 5) is 19.3. The van der Waals surface area contributed by atoms with Gasteiger partial charge in [-0.2, -0.15) is 0 Å². The topological polar surface area (TPSA) is 88.2 Å². The molecule has 0 atom stereocenters. The SMILES string of the molecule is Cc1cc(NCc2cc(C(=O)O)c(C)o2)nc(C)n1. The van der Waals surface area contributed by atoms with Gasteiger partial charge in [0.05, 0.1) is 6.54 Å². The lowest BCUT2D eigenvalue weighted by molar-refractivity contribution is 0.0695. The van der Waals surface area contributed by atoms with Crippen LogP contribution in [0.25, 0.3) is 0 Å². The number of aromatic carboxylic acids is 1. The Labute approximate surface area is 110 Å². The monoisotopic (exact) mass is 261 g/mol. The fourth-order valence-electron chi connectivity index (χ4n) is 1.83. The third-order valence-corrected chi connectivity index (χ3v) is 2.61. The van der Waals surface area contributed by atoms with Crippen LogP contribution in [0.4, 0.5) is 5.82 Å². The Morgan fingerprint density at radius 3 is 2.63 bits per heavy atom. The average molecular weight is 261 g/mol. The molecule has 6 nitrogen and oxygen atoms in total. The van der Waals surface area contributed by atoms with Gasteiger partial charge in [0.1, 0.15) is 28.7 Å². The van der Waals surface area contributed by atoms with E-state index in [2.05, 4.69) is 15.3 Å². The van der Waals surface area contributed by atoms with Crippen LogP contribution in [0, 0.1) is 20.8 Å². The second kappa shape index (κ2) is 5.09. The summed E-state index contributed by atoms with van der Waals surface area (Å²) in [7, 11) is 0. The summed E-state index contributed by atoms with van der Waals surface area (Å²) in [6.07, 6.45) is 0. The molecule has 0 aromatic carbocycles. The van der Waals surface area contributed by atoms with Gasteiger partial charge in [0, 0.05) is 11.8 Å². The smallest absolute Gasteiger partial charge is 0.339 e. The Morgan fingerprint density at radius 2 is 2.05 bits per heavy atom. The molecule has 0 radical (unpaired) electrons. The van der Waals surface area contributed by atoms with Gasteiger partial charge in [-0.05, 0) is 26.8 Å². The van der Waals surface area contributed by atoms with Crippen molar-refractivity contribution in [3.8, 4) is 0 Å². The van der Waals surface area contributed by atoms with Gasteiger partial charge in [-0.1, -0.05) is 0 Å². The first-order valence-electron chi connectivity index (χ1n) is 5.84. The fourth-order valence-corrected chi connectivity index (χ4v) is 1.83. The molecule has 19 heavy (non-hydrogen) atoms. The Bertz CT molecular complexity index is 599. The molecular weight excluding hydrogens is 246 g/mol. The van der Waals surface area contributed by atoms with Crippen molar-refractivity contribution in [2.24, 2.45) is 0 Å². The summed E-state index contributed by atoms with van der Waals surface area (Å²) >= 11 is 0. The maximum Gasteiger partial charge on any atom is 0.339 e. The number of aromatic nitrogens is 2. The van der Waals surface area contributed by atoms with Crippen LogP contribution < -0.4 is 5.32 Å². The van der Waals surface area contributed by atoms with E-state index in [0.717, 1.165) is 5.69 Å². The Balaban J connectivity index is 2.10. The van der Waals surface area contributed by atoms with Crippen molar-refractivity contribution in [1.29, 1.82) is 0 Å². The molecular formula is C13H15N3O3. The molecule has 0 bridgehead atoms. The largest absolute Gasteiger partial charge is 0.478 e. The van der Waals surface area contributed by atoms with Crippen LogP contribution in [-0.4, -0.2) is 21.0 Å². The van der Waals surface area contributed by atoms with Crippen molar-refractivity contribution in [3.63, 3.8) is 0 Å². The third-order valence-electron chi connectivity index (χ3n) is 2.61. The lowest BCUT2D eigenvalue weighted by atomic mass is 10.2. The highest BCUT2D eigenvalue weighted by Gasteiger charge is 2.13. The van der Waals surface area contributed by atoms with Crippen molar-refractivity contribution >= 4 is 11.8 Å². The highest BCUT2D eigenvalue weighted by molar-refractivity contribution is 5.88. The van der Waals surface area contributed by atoms with E-state index in [1.807, 2.05) is 19.9 Å². The lowest BCUT2D eigenvalue weighted by Crippen LogP contribution is -2.03. The summed E-state index contributed by atoms with van der Waals surface area (Å²) in [6.45, 7) is 5.72. The van der Waals surface area contributed by atoms with Crippen LogP contribution in [0.5, 0.6) is 0 Å². The van der Waals surface area contributed by atoms with Crippen LogP contribution in [0.2, 0.25) is 0 Å². The molecule has 100 valence electrons. The zero-order chi connectivity index (χ0) is 14.0. The minimum absolute atomic E-state index is 0.187. The minimum Gasteiger partial charge on any atom is -0.478 e. The van der Waals surface area contributed by atoms with Gasteiger partial charge >= 0.3 is 5.97 Å². The Hall–Kier alpha value is -2.37. The molecule has 2 heterocycles. The quantitative estimate of drug-likeness (QED) is 0.878. The molecule has 2 aromatic rings. The van der Waals surface area contributed by atoms with Crippen LogP contribution in [0.3, 0.4) is 0 Å². The average Bonchev–Trinajstić information content (AvgIpc) is 2.67. The zero-order valence-corrected chi connectivity index (χ0v) is 11.0. The number of hydrogen-bond acceptors (Lipinski definition) is 5. The number of carbonyl (C=O) groups is 1. The van der Waals surface area contributed by atoms with E-state index >= 15 is 0 Å². The molecule has 0 saturated heterocycles. The fraction of sp³-hybridized carbons (Fsp3) is 0.308. The molecule has 0 spiro atoms. The molecule has 2 N–H and O–H groups in total. The molecule has 0 aliphatic carbocycles. The van der Waals surface area contributed by atoms with Crippen molar-refractivity contribution < 1.29 is 14.3 Å². The van der Waals surface area contributed by atoms with Gasteiger partial charge < -0.3 is 14.8 Å². The summed E-state index contributed by atoms with van der Waals surface area (Å²) < 4.78 is 5.37. The van der Waals surface area contributed by atoms with Crippen molar-refractivity contribution in [2.45, 2.75) is 27.3 Å². The van der Waals surface area contributed by atoms with E-state index in [9.17, 15) is 4.79 Å². The first kappa shape index (κ1) is 13.1. The molecule has 0 aliphatic rings. The number of anilines is 1. The second-order valence-electron chi connectivity index (χ2n) is 4.28. The van der Waals surface area contributed by atoms with Crippen LogP contribution in [0.1, 0.15) is 33.4 Å². The summed E-state index contributed by atoms with van der Waals surface area (Å²) in [5.74, 6) is 1.35. The van der Waals surface area contributed by atoms with Crippen LogP contribution in [-0.2, 0) is 6.54 Å².